The average Bonchev–Trinajstić information content (AvgIpc) is 2.45. The van der Waals surface area contributed by atoms with Crippen LogP contribution in [-0.2, 0) is 4.74 Å². The molecule has 23 heavy (non-hydrogen) atoms. The van der Waals surface area contributed by atoms with E-state index in [0.29, 0.717) is 12.6 Å². The number of hydrogen-bond donors (Lipinski definition) is 0. The molecular weight excluding hydrogens is 356 g/mol. The van der Waals surface area contributed by atoms with Crippen LogP contribution in [0.1, 0.15) is 46.2 Å². The van der Waals surface area contributed by atoms with Crippen LogP contribution in [0.5, 0.6) is 0 Å². The van der Waals surface area contributed by atoms with Gasteiger partial charge in [-0.1, -0.05) is 34.1 Å². The van der Waals surface area contributed by atoms with E-state index in [0.717, 1.165) is 17.6 Å². The van der Waals surface area contributed by atoms with Crippen LogP contribution in [0.2, 0.25) is 0 Å². The molecule has 0 radical (unpaired) electrons. The van der Waals surface area contributed by atoms with E-state index in [4.69, 9.17) is 4.74 Å². The predicted molar refractivity (Wildman–Crippen MR) is 96.5 cm³/mol. The SMILES string of the molecule is CC(c1ccccc1Br)N1CCN(C(=O)OC(C)(C)C)C(C)C1. The first-order valence-corrected chi connectivity index (χ1v) is 8.96. The third-order valence-electron chi connectivity index (χ3n) is 4.19. The lowest BCUT2D eigenvalue weighted by atomic mass is 10.0. The highest BCUT2D eigenvalue weighted by molar-refractivity contribution is 9.10. The minimum Gasteiger partial charge on any atom is -0.444 e. The van der Waals surface area contributed by atoms with Gasteiger partial charge in [-0.05, 0) is 46.2 Å². The highest BCUT2D eigenvalue weighted by atomic mass is 79.9. The van der Waals surface area contributed by atoms with Crippen molar-refractivity contribution in [1.82, 2.24) is 9.80 Å². The normalized spacial score (nSPS) is 21.1. The Kier molecular flexibility index (Phi) is 5.74. The van der Waals surface area contributed by atoms with Gasteiger partial charge in [-0.3, -0.25) is 4.90 Å². The van der Waals surface area contributed by atoms with Crippen LogP contribution in [0.3, 0.4) is 0 Å². The van der Waals surface area contributed by atoms with Crippen LogP contribution in [0.15, 0.2) is 28.7 Å². The maximum Gasteiger partial charge on any atom is 0.410 e. The number of rotatable bonds is 2. The molecule has 1 aliphatic heterocycles. The van der Waals surface area contributed by atoms with Gasteiger partial charge in [0.2, 0.25) is 0 Å². The Labute approximate surface area is 147 Å². The number of nitrogens with zero attached hydrogens (tertiary/aromatic N) is 2. The first kappa shape index (κ1) is 18.3. The van der Waals surface area contributed by atoms with Crippen LogP contribution in [0, 0.1) is 0 Å². The molecule has 0 N–H and O–H groups in total. The third kappa shape index (κ3) is 4.70. The molecule has 1 amide bonds. The quantitative estimate of drug-likeness (QED) is 0.757. The number of hydrogen-bond acceptors (Lipinski definition) is 3. The summed E-state index contributed by atoms with van der Waals surface area (Å²) in [6.07, 6.45) is -0.210. The first-order valence-electron chi connectivity index (χ1n) is 8.17. The second kappa shape index (κ2) is 7.22. The Morgan fingerprint density at radius 1 is 1.30 bits per heavy atom. The summed E-state index contributed by atoms with van der Waals surface area (Å²) in [5.74, 6) is 0. The molecule has 2 atom stereocenters. The van der Waals surface area contributed by atoms with Gasteiger partial charge in [0, 0.05) is 36.2 Å². The summed E-state index contributed by atoms with van der Waals surface area (Å²) in [5.41, 5.74) is 0.835. The molecule has 0 aromatic heterocycles. The fourth-order valence-corrected chi connectivity index (χ4v) is 3.56. The number of amides is 1. The van der Waals surface area contributed by atoms with Crippen LogP contribution >= 0.6 is 15.9 Å². The molecule has 1 heterocycles. The highest BCUT2D eigenvalue weighted by Crippen LogP contribution is 2.29. The lowest BCUT2D eigenvalue weighted by Gasteiger charge is -2.42. The maximum absolute atomic E-state index is 12.3. The average molecular weight is 383 g/mol. The van der Waals surface area contributed by atoms with Crippen molar-refractivity contribution in [2.75, 3.05) is 19.6 Å². The molecule has 1 aromatic rings. The van der Waals surface area contributed by atoms with Crippen molar-refractivity contribution >= 4 is 22.0 Å². The van der Waals surface area contributed by atoms with E-state index in [1.807, 2.05) is 31.7 Å². The maximum atomic E-state index is 12.3. The fourth-order valence-electron chi connectivity index (χ4n) is 2.94. The number of piperazine rings is 1. The second-order valence-corrected chi connectivity index (χ2v) is 8.07. The highest BCUT2D eigenvalue weighted by Gasteiger charge is 2.32. The Morgan fingerprint density at radius 3 is 2.52 bits per heavy atom. The summed E-state index contributed by atoms with van der Waals surface area (Å²) in [7, 11) is 0. The number of ether oxygens (including phenoxy) is 1. The van der Waals surface area contributed by atoms with Gasteiger partial charge in [-0.2, -0.15) is 0 Å². The molecule has 2 rings (SSSR count). The molecule has 2 unspecified atom stereocenters. The summed E-state index contributed by atoms with van der Waals surface area (Å²) in [4.78, 5) is 16.6. The zero-order valence-electron chi connectivity index (χ0n) is 14.7. The van der Waals surface area contributed by atoms with E-state index in [2.05, 4.69) is 52.9 Å². The summed E-state index contributed by atoms with van der Waals surface area (Å²) >= 11 is 3.64. The lowest BCUT2D eigenvalue weighted by molar-refractivity contribution is -0.00352. The van der Waals surface area contributed by atoms with Gasteiger partial charge in [-0.25, -0.2) is 4.79 Å². The van der Waals surface area contributed by atoms with Gasteiger partial charge < -0.3 is 9.64 Å². The summed E-state index contributed by atoms with van der Waals surface area (Å²) in [6, 6.07) is 8.78. The van der Waals surface area contributed by atoms with Gasteiger partial charge >= 0.3 is 6.09 Å². The Hall–Kier alpha value is -1.07. The standard InChI is InChI=1S/C18H27BrN2O2/c1-13-12-20(14(2)15-8-6-7-9-16(15)19)10-11-21(13)17(22)23-18(3,4)5/h6-9,13-14H,10-12H2,1-5H3. The van der Waals surface area contributed by atoms with Crippen molar-refractivity contribution in [2.24, 2.45) is 0 Å². The van der Waals surface area contributed by atoms with Gasteiger partial charge in [-0.15, -0.1) is 0 Å². The topological polar surface area (TPSA) is 32.8 Å². The van der Waals surface area contributed by atoms with Crippen molar-refractivity contribution in [3.8, 4) is 0 Å². The van der Waals surface area contributed by atoms with Crippen molar-refractivity contribution < 1.29 is 9.53 Å². The molecule has 0 bridgehead atoms. The molecule has 0 saturated carbocycles. The molecule has 1 aromatic carbocycles. The van der Waals surface area contributed by atoms with Crippen molar-refractivity contribution in [2.45, 2.75) is 52.3 Å². The van der Waals surface area contributed by atoms with E-state index in [9.17, 15) is 4.79 Å². The Bertz CT molecular complexity index is 556. The van der Waals surface area contributed by atoms with E-state index in [-0.39, 0.29) is 12.1 Å². The van der Waals surface area contributed by atoms with Gasteiger partial charge in [0.25, 0.3) is 0 Å². The minimum atomic E-state index is -0.448. The van der Waals surface area contributed by atoms with E-state index in [1.165, 1.54) is 5.56 Å². The third-order valence-corrected chi connectivity index (χ3v) is 4.91. The lowest BCUT2D eigenvalue weighted by Crippen LogP contribution is -2.55. The molecule has 0 spiro atoms. The van der Waals surface area contributed by atoms with Crippen LogP contribution in [0.25, 0.3) is 0 Å². The monoisotopic (exact) mass is 382 g/mol. The Balaban J connectivity index is 2.01. The summed E-state index contributed by atoms with van der Waals surface area (Å²) in [6.45, 7) is 12.4. The molecule has 4 nitrogen and oxygen atoms in total. The zero-order chi connectivity index (χ0) is 17.2. The number of benzene rings is 1. The van der Waals surface area contributed by atoms with Crippen LogP contribution in [-0.4, -0.2) is 47.2 Å². The van der Waals surface area contributed by atoms with Crippen LogP contribution < -0.4 is 0 Å². The summed E-state index contributed by atoms with van der Waals surface area (Å²) in [5, 5.41) is 0. The fraction of sp³-hybridized carbons (Fsp3) is 0.611. The van der Waals surface area contributed by atoms with Crippen molar-refractivity contribution in [3.05, 3.63) is 34.3 Å². The molecule has 1 aliphatic rings. The molecular formula is C18H27BrN2O2. The van der Waals surface area contributed by atoms with E-state index >= 15 is 0 Å². The van der Waals surface area contributed by atoms with Crippen molar-refractivity contribution in [3.63, 3.8) is 0 Å². The largest absolute Gasteiger partial charge is 0.444 e. The summed E-state index contributed by atoms with van der Waals surface area (Å²) < 4.78 is 6.64. The minimum absolute atomic E-state index is 0.142. The Morgan fingerprint density at radius 2 is 1.96 bits per heavy atom. The molecule has 1 fully saturated rings. The predicted octanol–water partition coefficient (Wildman–Crippen LogP) is 4.45. The number of carbonyl (C=O) groups excluding carboxylic acids is 1. The molecule has 1 saturated heterocycles. The van der Waals surface area contributed by atoms with Crippen molar-refractivity contribution in [1.29, 1.82) is 0 Å². The first-order chi connectivity index (χ1) is 10.7. The molecule has 5 heteroatoms. The van der Waals surface area contributed by atoms with Gasteiger partial charge in [0.05, 0.1) is 0 Å². The van der Waals surface area contributed by atoms with E-state index < -0.39 is 5.60 Å². The van der Waals surface area contributed by atoms with Gasteiger partial charge in [0.15, 0.2) is 0 Å². The van der Waals surface area contributed by atoms with Crippen LogP contribution in [0.4, 0.5) is 4.79 Å². The van der Waals surface area contributed by atoms with E-state index in [1.54, 1.807) is 0 Å². The number of carbonyl (C=O) groups is 1. The number of halogens is 1. The molecule has 128 valence electrons. The second-order valence-electron chi connectivity index (χ2n) is 7.22. The van der Waals surface area contributed by atoms with Gasteiger partial charge in [0.1, 0.15) is 5.60 Å². The molecule has 0 aliphatic carbocycles. The smallest absolute Gasteiger partial charge is 0.410 e. The zero-order valence-corrected chi connectivity index (χ0v) is 16.3.